The lowest BCUT2D eigenvalue weighted by molar-refractivity contribution is -0.123. The molecule has 120 valence electrons. The van der Waals surface area contributed by atoms with Crippen LogP contribution in [0.3, 0.4) is 0 Å². The van der Waals surface area contributed by atoms with Gasteiger partial charge in [0.2, 0.25) is 5.91 Å². The van der Waals surface area contributed by atoms with E-state index < -0.39 is 0 Å². The Bertz CT molecular complexity index is 363. The van der Waals surface area contributed by atoms with E-state index in [1.54, 1.807) is 0 Å². The summed E-state index contributed by atoms with van der Waals surface area (Å²) in [5.41, 5.74) is 0.428. The highest BCUT2D eigenvalue weighted by Gasteiger charge is 2.38. The molecule has 0 aromatic rings. The van der Waals surface area contributed by atoms with Crippen LogP contribution in [0, 0.1) is 17.3 Å². The Balaban J connectivity index is 1.42. The first-order chi connectivity index (χ1) is 10.0. The second-order valence-electron chi connectivity index (χ2n) is 8.41. The summed E-state index contributed by atoms with van der Waals surface area (Å²) in [6, 6.07) is 1.39. The minimum Gasteiger partial charge on any atom is -0.356 e. The smallest absolute Gasteiger partial charge is 0.220 e. The van der Waals surface area contributed by atoms with Crippen LogP contribution in [0.25, 0.3) is 0 Å². The summed E-state index contributed by atoms with van der Waals surface area (Å²) >= 11 is 0. The van der Waals surface area contributed by atoms with Crippen LogP contribution in [-0.4, -0.2) is 24.5 Å². The lowest BCUT2D eigenvalue weighted by Gasteiger charge is -2.43. The number of hydrogen-bond donors (Lipinski definition) is 2. The molecule has 2 bridgehead atoms. The normalized spacial score (nSPS) is 33.8. The molecule has 2 unspecified atom stereocenters. The molecule has 2 heterocycles. The van der Waals surface area contributed by atoms with Crippen molar-refractivity contribution in [1.29, 1.82) is 0 Å². The van der Waals surface area contributed by atoms with Gasteiger partial charge in [0.15, 0.2) is 0 Å². The Labute approximate surface area is 129 Å². The Kier molecular flexibility index (Phi) is 4.58. The number of carbonyl (C=O) groups is 1. The molecule has 3 aliphatic rings. The van der Waals surface area contributed by atoms with Gasteiger partial charge in [0, 0.05) is 25.0 Å². The van der Waals surface area contributed by atoms with Crippen LogP contribution in [0.1, 0.15) is 71.6 Å². The maximum Gasteiger partial charge on any atom is 0.220 e. The average molecular weight is 292 g/mol. The quantitative estimate of drug-likeness (QED) is 0.789. The van der Waals surface area contributed by atoms with Gasteiger partial charge in [-0.2, -0.15) is 0 Å². The molecule has 2 aliphatic heterocycles. The number of fused-ring (bicyclic) bond motifs is 2. The Morgan fingerprint density at radius 2 is 1.90 bits per heavy atom. The van der Waals surface area contributed by atoms with Gasteiger partial charge in [-0.1, -0.05) is 20.3 Å². The van der Waals surface area contributed by atoms with Crippen LogP contribution in [0.5, 0.6) is 0 Å². The first-order valence-electron chi connectivity index (χ1n) is 9.07. The maximum atomic E-state index is 12.3. The number of nitrogens with one attached hydrogen (secondary N) is 2. The molecule has 0 aromatic carbocycles. The Hall–Kier alpha value is -0.570. The predicted molar refractivity (Wildman–Crippen MR) is 86.0 cm³/mol. The molecule has 0 spiro atoms. The highest BCUT2D eigenvalue weighted by molar-refractivity contribution is 5.76. The Morgan fingerprint density at radius 3 is 2.43 bits per heavy atom. The number of hydrogen-bond acceptors (Lipinski definition) is 2. The number of piperidine rings is 1. The molecule has 3 heteroatoms. The fourth-order valence-electron chi connectivity index (χ4n) is 4.96. The summed E-state index contributed by atoms with van der Waals surface area (Å²) in [6.45, 7) is 5.52. The summed E-state index contributed by atoms with van der Waals surface area (Å²) in [7, 11) is 0. The number of rotatable bonds is 6. The molecular formula is C18H32N2O. The SMILES string of the molecule is CC(C)CC1(CNC(=O)CC2CC3CCC(C2)N3)CCC1. The van der Waals surface area contributed by atoms with Crippen LogP contribution in [0.4, 0.5) is 0 Å². The molecule has 3 rings (SSSR count). The molecule has 3 nitrogen and oxygen atoms in total. The first kappa shape index (κ1) is 15.3. The van der Waals surface area contributed by atoms with Crippen molar-refractivity contribution < 1.29 is 4.79 Å². The zero-order chi connectivity index (χ0) is 14.9. The van der Waals surface area contributed by atoms with E-state index in [0.29, 0.717) is 29.3 Å². The van der Waals surface area contributed by atoms with Crippen molar-refractivity contribution in [3.63, 3.8) is 0 Å². The van der Waals surface area contributed by atoms with E-state index in [9.17, 15) is 4.79 Å². The molecule has 2 N–H and O–H groups in total. The van der Waals surface area contributed by atoms with Crippen molar-refractivity contribution in [3.8, 4) is 0 Å². The van der Waals surface area contributed by atoms with Crippen LogP contribution in [0.2, 0.25) is 0 Å². The molecule has 1 aliphatic carbocycles. The first-order valence-corrected chi connectivity index (χ1v) is 9.07. The van der Waals surface area contributed by atoms with Gasteiger partial charge in [-0.15, -0.1) is 0 Å². The van der Waals surface area contributed by atoms with E-state index in [1.807, 2.05) is 0 Å². The molecule has 2 atom stereocenters. The summed E-state index contributed by atoms with van der Waals surface area (Å²) in [4.78, 5) is 12.3. The second-order valence-corrected chi connectivity index (χ2v) is 8.41. The molecule has 1 amide bonds. The summed E-state index contributed by atoms with van der Waals surface area (Å²) in [6.07, 6.45) is 11.0. The molecular weight excluding hydrogens is 260 g/mol. The highest BCUT2D eigenvalue weighted by atomic mass is 16.1. The minimum atomic E-state index is 0.302. The summed E-state index contributed by atoms with van der Waals surface area (Å²) in [5.74, 6) is 1.66. The zero-order valence-corrected chi connectivity index (χ0v) is 13.8. The van der Waals surface area contributed by atoms with Gasteiger partial charge in [0.1, 0.15) is 0 Å². The van der Waals surface area contributed by atoms with Gasteiger partial charge in [-0.3, -0.25) is 4.79 Å². The van der Waals surface area contributed by atoms with Crippen LogP contribution >= 0.6 is 0 Å². The van der Waals surface area contributed by atoms with Crippen LogP contribution in [0.15, 0.2) is 0 Å². The third-order valence-electron chi connectivity index (χ3n) is 5.96. The third kappa shape index (κ3) is 3.80. The minimum absolute atomic E-state index is 0.302. The Morgan fingerprint density at radius 1 is 1.24 bits per heavy atom. The lowest BCUT2D eigenvalue weighted by Crippen LogP contribution is -2.44. The molecule has 21 heavy (non-hydrogen) atoms. The maximum absolute atomic E-state index is 12.3. The lowest BCUT2D eigenvalue weighted by atomic mass is 9.64. The fourth-order valence-corrected chi connectivity index (χ4v) is 4.96. The summed E-state index contributed by atoms with van der Waals surface area (Å²) < 4.78 is 0. The third-order valence-corrected chi connectivity index (χ3v) is 5.96. The largest absolute Gasteiger partial charge is 0.356 e. The van der Waals surface area contributed by atoms with Gasteiger partial charge in [-0.25, -0.2) is 0 Å². The standard InChI is InChI=1S/C18H32N2O/c1-13(2)11-18(6-3-7-18)12-19-17(21)10-14-8-15-4-5-16(9-14)20-15/h13-16,20H,3-12H2,1-2H3,(H,19,21). The van der Waals surface area contributed by atoms with E-state index in [2.05, 4.69) is 24.5 Å². The van der Waals surface area contributed by atoms with E-state index in [0.717, 1.165) is 18.9 Å². The van der Waals surface area contributed by atoms with E-state index in [4.69, 9.17) is 0 Å². The van der Waals surface area contributed by atoms with E-state index >= 15 is 0 Å². The van der Waals surface area contributed by atoms with E-state index in [1.165, 1.54) is 51.4 Å². The van der Waals surface area contributed by atoms with Crippen molar-refractivity contribution >= 4 is 5.91 Å². The van der Waals surface area contributed by atoms with Crippen molar-refractivity contribution in [2.75, 3.05) is 6.54 Å². The molecule has 2 saturated heterocycles. The number of amides is 1. The van der Waals surface area contributed by atoms with Crippen molar-refractivity contribution in [1.82, 2.24) is 10.6 Å². The highest BCUT2D eigenvalue weighted by Crippen LogP contribution is 2.45. The van der Waals surface area contributed by atoms with Gasteiger partial charge >= 0.3 is 0 Å². The number of carbonyl (C=O) groups excluding carboxylic acids is 1. The van der Waals surface area contributed by atoms with Gasteiger partial charge in [0.25, 0.3) is 0 Å². The van der Waals surface area contributed by atoms with Crippen molar-refractivity contribution in [2.45, 2.75) is 83.7 Å². The van der Waals surface area contributed by atoms with Crippen LogP contribution in [-0.2, 0) is 4.79 Å². The van der Waals surface area contributed by atoms with Gasteiger partial charge in [0.05, 0.1) is 0 Å². The summed E-state index contributed by atoms with van der Waals surface area (Å²) in [5, 5.41) is 6.93. The average Bonchev–Trinajstić information content (AvgIpc) is 2.71. The van der Waals surface area contributed by atoms with Gasteiger partial charge < -0.3 is 10.6 Å². The fraction of sp³-hybridized carbons (Fsp3) is 0.944. The molecule has 0 radical (unpaired) electrons. The predicted octanol–water partition coefficient (Wildman–Crippen LogP) is 3.24. The molecule has 1 saturated carbocycles. The topological polar surface area (TPSA) is 41.1 Å². The monoisotopic (exact) mass is 292 g/mol. The van der Waals surface area contributed by atoms with Crippen molar-refractivity contribution in [3.05, 3.63) is 0 Å². The van der Waals surface area contributed by atoms with Gasteiger partial charge in [-0.05, 0) is 62.2 Å². The van der Waals surface area contributed by atoms with E-state index in [-0.39, 0.29) is 0 Å². The zero-order valence-electron chi connectivity index (χ0n) is 13.8. The molecule has 0 aromatic heterocycles. The van der Waals surface area contributed by atoms with Crippen molar-refractivity contribution in [2.24, 2.45) is 17.3 Å². The second kappa shape index (κ2) is 6.28. The van der Waals surface area contributed by atoms with Crippen LogP contribution < -0.4 is 10.6 Å². The molecule has 3 fully saturated rings.